The summed E-state index contributed by atoms with van der Waals surface area (Å²) in [5.41, 5.74) is 3.68. The Labute approximate surface area is 141 Å². The molecule has 4 nitrogen and oxygen atoms in total. The number of halogens is 1. The summed E-state index contributed by atoms with van der Waals surface area (Å²) in [6, 6.07) is 5.88. The fourth-order valence-corrected chi connectivity index (χ4v) is 3.68. The molecule has 1 aromatic carbocycles. The minimum atomic E-state index is 0. The Morgan fingerprint density at radius 1 is 1.55 bits per heavy atom. The molecule has 22 heavy (non-hydrogen) atoms. The molecule has 2 aromatic rings. The Balaban J connectivity index is 0.00000176. The van der Waals surface area contributed by atoms with Crippen LogP contribution < -0.4 is 10.6 Å². The minimum absolute atomic E-state index is 0. The smallest absolute Gasteiger partial charge is 0.224 e. The summed E-state index contributed by atoms with van der Waals surface area (Å²) < 4.78 is 1.11. The first kappa shape index (κ1) is 17.2. The molecule has 1 fully saturated rings. The lowest BCUT2D eigenvalue weighted by Gasteiger charge is -2.28. The van der Waals surface area contributed by atoms with Crippen LogP contribution in [-0.2, 0) is 4.79 Å². The van der Waals surface area contributed by atoms with Crippen molar-refractivity contribution in [3.05, 3.63) is 23.7 Å². The van der Waals surface area contributed by atoms with Crippen molar-refractivity contribution in [3.63, 3.8) is 0 Å². The van der Waals surface area contributed by atoms with Gasteiger partial charge in [-0.1, -0.05) is 6.92 Å². The molecule has 0 spiro atoms. The Bertz CT molecular complexity index is 625. The zero-order valence-electron chi connectivity index (χ0n) is 12.7. The number of anilines is 1. The van der Waals surface area contributed by atoms with Gasteiger partial charge in [0.15, 0.2) is 0 Å². The molecule has 2 heterocycles. The number of hydrogen-bond acceptors (Lipinski definition) is 4. The Hall–Kier alpha value is -1.17. The molecular weight excluding hydrogens is 318 g/mol. The first-order valence-corrected chi connectivity index (χ1v) is 8.44. The summed E-state index contributed by atoms with van der Waals surface area (Å²) in [5.74, 6) is 1.15. The van der Waals surface area contributed by atoms with E-state index in [9.17, 15) is 4.79 Å². The number of benzene rings is 1. The third kappa shape index (κ3) is 4.18. The molecule has 6 heteroatoms. The summed E-state index contributed by atoms with van der Waals surface area (Å²) in [6.45, 7) is 4.34. The lowest BCUT2D eigenvalue weighted by Crippen LogP contribution is -2.34. The number of hydrogen-bond donors (Lipinski definition) is 2. The zero-order chi connectivity index (χ0) is 14.7. The third-order valence-corrected chi connectivity index (χ3v) is 5.05. The van der Waals surface area contributed by atoms with Crippen molar-refractivity contribution in [2.45, 2.75) is 26.2 Å². The average Bonchev–Trinajstić information content (AvgIpc) is 2.95. The van der Waals surface area contributed by atoms with Crippen LogP contribution >= 0.6 is 23.7 Å². The average molecular weight is 340 g/mol. The van der Waals surface area contributed by atoms with Crippen LogP contribution in [-0.4, -0.2) is 24.0 Å². The number of piperidine rings is 1. The van der Waals surface area contributed by atoms with Crippen LogP contribution in [0, 0.1) is 11.8 Å². The van der Waals surface area contributed by atoms with Crippen molar-refractivity contribution >= 4 is 45.6 Å². The topological polar surface area (TPSA) is 54.0 Å². The quantitative estimate of drug-likeness (QED) is 0.893. The van der Waals surface area contributed by atoms with Crippen molar-refractivity contribution in [3.8, 4) is 0 Å². The van der Waals surface area contributed by atoms with Gasteiger partial charge in [0.05, 0.1) is 15.7 Å². The van der Waals surface area contributed by atoms with Crippen molar-refractivity contribution < 1.29 is 4.79 Å². The molecule has 2 unspecified atom stereocenters. The highest BCUT2D eigenvalue weighted by atomic mass is 35.5. The maximum absolute atomic E-state index is 12.2. The Kier molecular flexibility index (Phi) is 6.17. The van der Waals surface area contributed by atoms with E-state index in [-0.39, 0.29) is 18.3 Å². The van der Waals surface area contributed by atoms with E-state index in [2.05, 4.69) is 22.5 Å². The van der Waals surface area contributed by atoms with Gasteiger partial charge in [-0.3, -0.25) is 4.79 Å². The standard InChI is InChI=1S/C16H21N3OS.ClH/c1-11(12-3-2-6-17-9-12)7-16(20)19-13-4-5-14-15(8-13)21-10-18-14;/h4-5,8,10-12,17H,2-3,6-7,9H2,1H3,(H,19,20);1H. The summed E-state index contributed by atoms with van der Waals surface area (Å²) in [4.78, 5) is 16.4. The van der Waals surface area contributed by atoms with Gasteiger partial charge in [0.1, 0.15) is 0 Å². The van der Waals surface area contributed by atoms with Crippen LogP contribution in [0.1, 0.15) is 26.2 Å². The molecular formula is C16H22ClN3OS. The zero-order valence-corrected chi connectivity index (χ0v) is 14.3. The number of nitrogens with one attached hydrogen (secondary N) is 2. The lowest BCUT2D eigenvalue weighted by atomic mass is 9.85. The van der Waals surface area contributed by atoms with E-state index in [1.807, 2.05) is 23.7 Å². The number of amides is 1. The Morgan fingerprint density at radius 2 is 2.41 bits per heavy atom. The third-order valence-electron chi connectivity index (χ3n) is 4.26. The van der Waals surface area contributed by atoms with E-state index < -0.39 is 0 Å². The molecule has 0 radical (unpaired) electrons. The van der Waals surface area contributed by atoms with Gasteiger partial charge in [0.25, 0.3) is 0 Å². The molecule has 0 bridgehead atoms. The molecule has 1 aromatic heterocycles. The first-order valence-electron chi connectivity index (χ1n) is 7.56. The van der Waals surface area contributed by atoms with Crippen molar-refractivity contribution in [1.29, 1.82) is 0 Å². The molecule has 0 aliphatic carbocycles. The SMILES string of the molecule is CC(CC(=O)Nc1ccc2ncsc2c1)C1CCCNC1.Cl. The van der Waals surface area contributed by atoms with Gasteiger partial charge >= 0.3 is 0 Å². The molecule has 3 rings (SSSR count). The highest BCUT2D eigenvalue weighted by Crippen LogP contribution is 2.24. The molecule has 1 aliphatic rings. The fourth-order valence-electron chi connectivity index (χ4n) is 2.97. The largest absolute Gasteiger partial charge is 0.326 e. The maximum atomic E-state index is 12.2. The van der Waals surface area contributed by atoms with E-state index in [0.717, 1.165) is 29.0 Å². The highest BCUT2D eigenvalue weighted by molar-refractivity contribution is 7.16. The molecule has 1 aliphatic heterocycles. The van der Waals surface area contributed by atoms with Gasteiger partial charge in [-0.2, -0.15) is 0 Å². The van der Waals surface area contributed by atoms with Crippen LogP contribution in [0.5, 0.6) is 0 Å². The highest BCUT2D eigenvalue weighted by Gasteiger charge is 2.22. The fraction of sp³-hybridized carbons (Fsp3) is 0.500. The molecule has 2 N–H and O–H groups in total. The van der Waals surface area contributed by atoms with E-state index in [1.165, 1.54) is 12.8 Å². The second-order valence-corrected chi connectivity index (χ2v) is 6.76. The first-order chi connectivity index (χ1) is 10.2. The summed E-state index contributed by atoms with van der Waals surface area (Å²) in [6.07, 6.45) is 3.04. The van der Waals surface area contributed by atoms with Gasteiger partial charge in [-0.25, -0.2) is 4.98 Å². The second-order valence-electron chi connectivity index (χ2n) is 5.87. The van der Waals surface area contributed by atoms with Gasteiger partial charge in [-0.15, -0.1) is 23.7 Å². The van der Waals surface area contributed by atoms with Crippen LogP contribution in [0.2, 0.25) is 0 Å². The second kappa shape index (κ2) is 7.90. The molecule has 1 saturated heterocycles. The number of thiazole rings is 1. The summed E-state index contributed by atoms with van der Waals surface area (Å²) in [7, 11) is 0. The van der Waals surface area contributed by atoms with Crippen LogP contribution in [0.3, 0.4) is 0 Å². The summed E-state index contributed by atoms with van der Waals surface area (Å²) in [5, 5.41) is 6.43. The molecule has 0 saturated carbocycles. The van der Waals surface area contributed by atoms with E-state index in [4.69, 9.17) is 0 Å². The van der Waals surface area contributed by atoms with Gasteiger partial charge < -0.3 is 10.6 Å². The number of fused-ring (bicyclic) bond motifs is 1. The van der Waals surface area contributed by atoms with Crippen molar-refractivity contribution in [1.82, 2.24) is 10.3 Å². The van der Waals surface area contributed by atoms with Crippen LogP contribution in [0.15, 0.2) is 23.7 Å². The van der Waals surface area contributed by atoms with E-state index in [0.29, 0.717) is 18.3 Å². The van der Waals surface area contributed by atoms with Crippen LogP contribution in [0.4, 0.5) is 5.69 Å². The molecule has 120 valence electrons. The predicted octanol–water partition coefficient (Wildman–Crippen LogP) is 3.68. The normalized spacial score (nSPS) is 19.4. The van der Waals surface area contributed by atoms with E-state index in [1.54, 1.807) is 11.3 Å². The van der Waals surface area contributed by atoms with Crippen molar-refractivity contribution in [2.24, 2.45) is 11.8 Å². The molecule has 2 atom stereocenters. The predicted molar refractivity (Wildman–Crippen MR) is 94.9 cm³/mol. The van der Waals surface area contributed by atoms with Crippen molar-refractivity contribution in [2.75, 3.05) is 18.4 Å². The number of carbonyl (C=O) groups is 1. The number of nitrogens with zero attached hydrogens (tertiary/aromatic N) is 1. The summed E-state index contributed by atoms with van der Waals surface area (Å²) >= 11 is 1.59. The van der Waals surface area contributed by atoms with Gasteiger partial charge in [0, 0.05) is 12.1 Å². The number of aromatic nitrogens is 1. The Morgan fingerprint density at radius 3 is 3.18 bits per heavy atom. The molecule has 1 amide bonds. The number of rotatable bonds is 4. The van der Waals surface area contributed by atoms with Crippen LogP contribution in [0.25, 0.3) is 10.2 Å². The lowest BCUT2D eigenvalue weighted by molar-refractivity contribution is -0.117. The van der Waals surface area contributed by atoms with Gasteiger partial charge in [0.2, 0.25) is 5.91 Å². The number of carbonyl (C=O) groups excluding carboxylic acids is 1. The van der Waals surface area contributed by atoms with E-state index >= 15 is 0 Å². The van der Waals surface area contributed by atoms with Gasteiger partial charge in [-0.05, 0) is 56.0 Å². The monoisotopic (exact) mass is 339 g/mol. The minimum Gasteiger partial charge on any atom is -0.326 e. The maximum Gasteiger partial charge on any atom is 0.224 e.